The minimum atomic E-state index is -0.424. The number of hydrogen-bond donors (Lipinski definition) is 2. The summed E-state index contributed by atoms with van der Waals surface area (Å²) in [6.07, 6.45) is 0.287. The predicted octanol–water partition coefficient (Wildman–Crippen LogP) is 3.82. The molecule has 2 aromatic carbocycles. The fourth-order valence-electron chi connectivity index (χ4n) is 2.59. The molecule has 0 fully saturated rings. The molecular weight excluding hydrogens is 422 g/mol. The Morgan fingerprint density at radius 3 is 2.73 bits per heavy atom. The van der Waals surface area contributed by atoms with Crippen LogP contribution in [0.3, 0.4) is 0 Å². The zero-order valence-corrected chi connectivity index (χ0v) is 16.3. The van der Waals surface area contributed by atoms with E-state index in [1.807, 2.05) is 19.1 Å². The van der Waals surface area contributed by atoms with Crippen LogP contribution in [0.2, 0.25) is 5.02 Å². The molecule has 1 unspecified atom stereocenters. The maximum Gasteiger partial charge on any atom is 0.276 e. The summed E-state index contributed by atoms with van der Waals surface area (Å²) in [7, 11) is 0. The third-order valence-corrected chi connectivity index (χ3v) is 4.63. The van der Waals surface area contributed by atoms with E-state index in [1.165, 1.54) is 5.01 Å². The Morgan fingerprint density at radius 2 is 2.04 bits per heavy atom. The number of hydrazine groups is 1. The van der Waals surface area contributed by atoms with E-state index in [2.05, 4.69) is 26.7 Å². The first-order chi connectivity index (χ1) is 12.5. The highest BCUT2D eigenvalue weighted by Crippen LogP contribution is 2.28. The van der Waals surface area contributed by atoms with Gasteiger partial charge < -0.3 is 10.1 Å². The van der Waals surface area contributed by atoms with Gasteiger partial charge in [0.2, 0.25) is 0 Å². The van der Waals surface area contributed by atoms with Crippen LogP contribution in [0.4, 0.5) is 5.69 Å². The standard InChI is InChI=1S/C18H17BrClN3O3/c1-2-16-21-15-8-3-11(19)9-14(15)18(25)23(16)22-17(24)10-26-13-6-4-12(20)5-7-13/h3-9,16,21H,2,10H2,1H3,(H,22,24). The molecule has 8 heteroatoms. The molecule has 1 heterocycles. The zero-order chi connectivity index (χ0) is 18.7. The van der Waals surface area contributed by atoms with E-state index in [0.717, 1.165) is 10.2 Å². The van der Waals surface area contributed by atoms with Gasteiger partial charge in [-0.05, 0) is 48.9 Å². The van der Waals surface area contributed by atoms with Gasteiger partial charge in [-0.2, -0.15) is 0 Å². The number of hydrogen-bond acceptors (Lipinski definition) is 4. The second-order valence-electron chi connectivity index (χ2n) is 5.71. The number of benzene rings is 2. The Kier molecular flexibility index (Phi) is 5.68. The van der Waals surface area contributed by atoms with Gasteiger partial charge in [-0.25, -0.2) is 5.01 Å². The number of ether oxygens (including phenoxy) is 1. The molecule has 0 bridgehead atoms. The topological polar surface area (TPSA) is 70.7 Å². The van der Waals surface area contributed by atoms with E-state index in [-0.39, 0.29) is 18.7 Å². The summed E-state index contributed by atoms with van der Waals surface area (Å²) in [5, 5.41) is 5.15. The fraction of sp³-hybridized carbons (Fsp3) is 0.222. The zero-order valence-electron chi connectivity index (χ0n) is 14.0. The van der Waals surface area contributed by atoms with Gasteiger partial charge in [-0.15, -0.1) is 0 Å². The van der Waals surface area contributed by atoms with Crippen molar-refractivity contribution in [2.45, 2.75) is 19.5 Å². The van der Waals surface area contributed by atoms with Crippen LogP contribution in [0.25, 0.3) is 0 Å². The number of carbonyl (C=O) groups excluding carboxylic acids is 2. The first kappa shape index (κ1) is 18.5. The highest BCUT2D eigenvalue weighted by Gasteiger charge is 2.32. The van der Waals surface area contributed by atoms with Gasteiger partial charge >= 0.3 is 0 Å². The van der Waals surface area contributed by atoms with E-state index < -0.39 is 5.91 Å². The van der Waals surface area contributed by atoms with Crippen LogP contribution < -0.4 is 15.5 Å². The quantitative estimate of drug-likeness (QED) is 0.744. The lowest BCUT2D eigenvalue weighted by atomic mass is 10.1. The number of amides is 2. The van der Waals surface area contributed by atoms with Crippen molar-refractivity contribution in [2.24, 2.45) is 0 Å². The third-order valence-electron chi connectivity index (χ3n) is 3.88. The second kappa shape index (κ2) is 7.97. The number of anilines is 1. The van der Waals surface area contributed by atoms with Crippen molar-refractivity contribution < 1.29 is 14.3 Å². The van der Waals surface area contributed by atoms with E-state index in [4.69, 9.17) is 16.3 Å². The SMILES string of the molecule is CCC1Nc2ccc(Br)cc2C(=O)N1NC(=O)COc1ccc(Cl)cc1. The van der Waals surface area contributed by atoms with Gasteiger partial charge in [-0.3, -0.25) is 15.0 Å². The average Bonchev–Trinajstić information content (AvgIpc) is 2.64. The highest BCUT2D eigenvalue weighted by molar-refractivity contribution is 9.10. The van der Waals surface area contributed by atoms with Crippen molar-refractivity contribution in [3.05, 3.63) is 57.5 Å². The molecule has 0 saturated heterocycles. The van der Waals surface area contributed by atoms with Crippen LogP contribution in [0.15, 0.2) is 46.9 Å². The summed E-state index contributed by atoms with van der Waals surface area (Å²) in [6.45, 7) is 1.71. The number of nitrogens with zero attached hydrogens (tertiary/aromatic N) is 1. The van der Waals surface area contributed by atoms with Crippen LogP contribution >= 0.6 is 27.5 Å². The minimum Gasteiger partial charge on any atom is -0.484 e. The Labute approximate surface area is 164 Å². The van der Waals surface area contributed by atoms with Gasteiger partial charge in [0.1, 0.15) is 11.9 Å². The molecule has 136 valence electrons. The normalized spacial score (nSPS) is 15.9. The number of fused-ring (bicyclic) bond motifs is 1. The lowest BCUT2D eigenvalue weighted by Gasteiger charge is -2.37. The molecule has 1 atom stereocenters. The summed E-state index contributed by atoms with van der Waals surface area (Å²) in [6, 6.07) is 12.1. The molecule has 1 aliphatic rings. The van der Waals surface area contributed by atoms with Gasteiger partial charge in [-0.1, -0.05) is 34.5 Å². The fourth-order valence-corrected chi connectivity index (χ4v) is 3.08. The molecule has 26 heavy (non-hydrogen) atoms. The second-order valence-corrected chi connectivity index (χ2v) is 7.06. The van der Waals surface area contributed by atoms with E-state index >= 15 is 0 Å². The van der Waals surface area contributed by atoms with Crippen molar-refractivity contribution in [3.63, 3.8) is 0 Å². The minimum absolute atomic E-state index is 0.215. The molecule has 0 aliphatic carbocycles. The van der Waals surface area contributed by atoms with Crippen LogP contribution in [0.1, 0.15) is 23.7 Å². The first-order valence-corrected chi connectivity index (χ1v) is 9.22. The van der Waals surface area contributed by atoms with Crippen molar-refractivity contribution in [1.82, 2.24) is 10.4 Å². The van der Waals surface area contributed by atoms with Gasteiger partial charge in [0, 0.05) is 15.2 Å². The van der Waals surface area contributed by atoms with Crippen LogP contribution in [0, 0.1) is 0 Å². The molecule has 0 spiro atoms. The molecule has 2 amide bonds. The molecule has 0 saturated carbocycles. The number of rotatable bonds is 5. The molecule has 2 aromatic rings. The summed E-state index contributed by atoms with van der Waals surface area (Å²) in [5.41, 5.74) is 3.86. The molecule has 3 rings (SSSR count). The van der Waals surface area contributed by atoms with Crippen molar-refractivity contribution in [2.75, 3.05) is 11.9 Å². The third kappa shape index (κ3) is 4.11. The van der Waals surface area contributed by atoms with Crippen molar-refractivity contribution >= 4 is 45.0 Å². The predicted molar refractivity (Wildman–Crippen MR) is 103 cm³/mol. The Bertz CT molecular complexity index is 829. The van der Waals surface area contributed by atoms with Gasteiger partial charge in [0.05, 0.1) is 5.56 Å². The maximum absolute atomic E-state index is 12.8. The summed E-state index contributed by atoms with van der Waals surface area (Å²) in [5.74, 6) is -0.173. The molecule has 1 aliphatic heterocycles. The van der Waals surface area contributed by atoms with E-state index in [1.54, 1.807) is 30.3 Å². The highest BCUT2D eigenvalue weighted by atomic mass is 79.9. The molecule has 6 nitrogen and oxygen atoms in total. The lowest BCUT2D eigenvalue weighted by Crippen LogP contribution is -2.57. The number of carbonyl (C=O) groups is 2. The summed E-state index contributed by atoms with van der Waals surface area (Å²) >= 11 is 9.18. The van der Waals surface area contributed by atoms with Crippen molar-refractivity contribution in [1.29, 1.82) is 0 Å². The average molecular weight is 439 g/mol. The summed E-state index contributed by atoms with van der Waals surface area (Å²) < 4.78 is 6.21. The largest absolute Gasteiger partial charge is 0.484 e. The van der Waals surface area contributed by atoms with Crippen LogP contribution in [0.5, 0.6) is 5.75 Å². The summed E-state index contributed by atoms with van der Waals surface area (Å²) in [4.78, 5) is 25.0. The number of halogens is 2. The molecule has 0 radical (unpaired) electrons. The van der Waals surface area contributed by atoms with Gasteiger partial charge in [0.15, 0.2) is 6.61 Å². The monoisotopic (exact) mass is 437 g/mol. The Balaban J connectivity index is 1.68. The maximum atomic E-state index is 12.8. The van der Waals surface area contributed by atoms with Crippen LogP contribution in [-0.4, -0.2) is 29.6 Å². The van der Waals surface area contributed by atoms with Crippen LogP contribution in [-0.2, 0) is 4.79 Å². The van der Waals surface area contributed by atoms with Gasteiger partial charge in [0.25, 0.3) is 11.8 Å². The van der Waals surface area contributed by atoms with E-state index in [9.17, 15) is 9.59 Å². The Morgan fingerprint density at radius 1 is 1.31 bits per heavy atom. The molecule has 0 aromatic heterocycles. The first-order valence-electron chi connectivity index (χ1n) is 8.05. The number of nitrogens with one attached hydrogen (secondary N) is 2. The van der Waals surface area contributed by atoms with Crippen molar-refractivity contribution in [3.8, 4) is 5.75 Å². The molecular formula is C18H17BrClN3O3. The smallest absolute Gasteiger partial charge is 0.276 e. The lowest BCUT2D eigenvalue weighted by molar-refractivity contribution is -0.127. The Hall–Kier alpha value is -2.25. The van der Waals surface area contributed by atoms with E-state index in [0.29, 0.717) is 22.8 Å². The molecule has 2 N–H and O–H groups in total.